The Labute approximate surface area is 52.4 Å². The molecule has 44 valence electrons. The van der Waals surface area contributed by atoms with E-state index in [2.05, 4.69) is 17.9 Å². The molecular weight excluding hydrogens is 128 g/mol. The Hall–Kier alpha value is -0.760. The van der Waals surface area contributed by atoms with Gasteiger partial charge in [-0.1, -0.05) is 24.8 Å². The summed E-state index contributed by atoms with van der Waals surface area (Å²) >= 11 is 5.09. The highest BCUT2D eigenvalue weighted by Crippen LogP contribution is 1.98. The van der Waals surface area contributed by atoms with Gasteiger partial charge in [-0.2, -0.15) is 0 Å². The summed E-state index contributed by atoms with van der Waals surface area (Å²) in [7, 11) is 0. The van der Waals surface area contributed by atoms with Gasteiger partial charge in [0, 0.05) is 0 Å². The zero-order valence-corrected chi connectivity index (χ0v) is 4.94. The predicted molar refractivity (Wildman–Crippen MR) is 31.3 cm³/mol. The van der Waals surface area contributed by atoms with Crippen LogP contribution in [-0.4, -0.2) is 5.97 Å². The summed E-state index contributed by atoms with van der Waals surface area (Å²) in [5.41, 5.74) is 0. The van der Waals surface area contributed by atoms with Gasteiger partial charge < -0.3 is 4.74 Å². The second kappa shape index (κ2) is 3.27. The van der Waals surface area contributed by atoms with Crippen LogP contribution in [0.5, 0.6) is 0 Å². The van der Waals surface area contributed by atoms with Gasteiger partial charge in [0.25, 0.3) is 0 Å². The van der Waals surface area contributed by atoms with Crippen molar-refractivity contribution >= 4 is 17.6 Å². The first-order chi connectivity index (χ1) is 3.68. The molecule has 0 spiro atoms. The van der Waals surface area contributed by atoms with Crippen molar-refractivity contribution in [1.82, 2.24) is 0 Å². The van der Waals surface area contributed by atoms with Gasteiger partial charge in [0.15, 0.2) is 0 Å². The summed E-state index contributed by atoms with van der Waals surface area (Å²) in [6, 6.07) is 0. The summed E-state index contributed by atoms with van der Waals surface area (Å²) in [4.78, 5) is 10.2. The van der Waals surface area contributed by atoms with Crippen LogP contribution in [0.1, 0.15) is 0 Å². The minimum atomic E-state index is -0.665. The van der Waals surface area contributed by atoms with Crippen LogP contribution in [0.3, 0.4) is 0 Å². The molecule has 0 fully saturated rings. The second-order valence-electron chi connectivity index (χ2n) is 0.977. The van der Waals surface area contributed by atoms with Crippen LogP contribution in [0, 0.1) is 0 Å². The zero-order valence-electron chi connectivity index (χ0n) is 4.19. The van der Waals surface area contributed by atoms with Crippen molar-refractivity contribution in [3.8, 4) is 0 Å². The Bertz CT molecular complexity index is 128. The molecule has 3 heteroatoms. The van der Waals surface area contributed by atoms with Gasteiger partial charge in [-0.3, -0.25) is 0 Å². The number of carbonyl (C=O) groups is 1. The third-order valence-electron chi connectivity index (χ3n) is 0.412. The van der Waals surface area contributed by atoms with E-state index >= 15 is 0 Å². The van der Waals surface area contributed by atoms with Gasteiger partial charge in [0.2, 0.25) is 0 Å². The maximum absolute atomic E-state index is 10.2. The fourth-order valence-corrected chi connectivity index (χ4v) is 0.184. The highest BCUT2D eigenvalue weighted by atomic mass is 35.5. The van der Waals surface area contributed by atoms with Crippen LogP contribution in [0.2, 0.25) is 0 Å². The van der Waals surface area contributed by atoms with Crippen molar-refractivity contribution in [2.75, 3.05) is 0 Å². The fraction of sp³-hybridized carbons (Fsp3) is 0. The first-order valence-corrected chi connectivity index (χ1v) is 2.22. The van der Waals surface area contributed by atoms with E-state index in [4.69, 9.17) is 11.6 Å². The van der Waals surface area contributed by atoms with Crippen molar-refractivity contribution < 1.29 is 9.53 Å². The quantitative estimate of drug-likeness (QED) is 0.323. The largest absolute Gasteiger partial charge is 0.431 e. The Morgan fingerprint density at radius 3 is 2.38 bits per heavy atom. The Kier molecular flexibility index (Phi) is 2.96. The summed E-state index contributed by atoms with van der Waals surface area (Å²) in [6.07, 6.45) is 0.996. The molecule has 0 bridgehead atoms. The van der Waals surface area contributed by atoms with Gasteiger partial charge in [0.1, 0.15) is 5.03 Å². The molecule has 0 aromatic rings. The minimum Gasteiger partial charge on any atom is -0.431 e. The summed E-state index contributed by atoms with van der Waals surface area (Å²) in [5.74, 6) is -0.665. The van der Waals surface area contributed by atoms with Crippen molar-refractivity contribution in [2.24, 2.45) is 0 Å². The van der Waals surface area contributed by atoms with E-state index in [1.54, 1.807) is 0 Å². The number of ether oxygens (including phenoxy) is 1. The second-order valence-corrected chi connectivity index (χ2v) is 1.43. The summed E-state index contributed by atoms with van der Waals surface area (Å²) in [5, 5.41) is -0.148. The average Bonchev–Trinajstić information content (AvgIpc) is 1.67. The van der Waals surface area contributed by atoms with Crippen LogP contribution in [0.25, 0.3) is 0 Å². The minimum absolute atomic E-state index is 0.148. The lowest BCUT2D eigenvalue weighted by molar-refractivity contribution is -0.132. The van der Waals surface area contributed by atoms with Crippen LogP contribution in [-0.2, 0) is 9.53 Å². The number of rotatable bonds is 2. The third kappa shape index (κ3) is 2.42. The van der Waals surface area contributed by atoms with Gasteiger partial charge in [0.05, 0.1) is 6.26 Å². The molecular formula is C5H5ClO2. The Balaban J connectivity index is 3.65. The monoisotopic (exact) mass is 132 g/mol. The molecule has 0 aliphatic carbocycles. The van der Waals surface area contributed by atoms with Crippen LogP contribution >= 0.6 is 11.6 Å². The number of esters is 1. The molecule has 0 amide bonds. The molecule has 8 heavy (non-hydrogen) atoms. The molecule has 0 atom stereocenters. The molecule has 0 aliphatic heterocycles. The molecule has 2 nitrogen and oxygen atoms in total. The highest BCUT2D eigenvalue weighted by molar-refractivity contribution is 6.40. The molecule has 0 saturated heterocycles. The first kappa shape index (κ1) is 7.24. The van der Waals surface area contributed by atoms with Gasteiger partial charge in [-0.15, -0.1) is 0 Å². The zero-order chi connectivity index (χ0) is 6.57. The number of halogens is 1. The van der Waals surface area contributed by atoms with Crippen molar-refractivity contribution in [1.29, 1.82) is 0 Å². The lowest BCUT2D eigenvalue weighted by Gasteiger charge is -1.90. The molecule has 0 saturated carbocycles. The molecule has 0 aromatic carbocycles. The normalized spacial score (nSPS) is 7.62. The van der Waals surface area contributed by atoms with Gasteiger partial charge in [-0.05, 0) is 0 Å². The van der Waals surface area contributed by atoms with E-state index in [0.29, 0.717) is 0 Å². The molecule has 0 aliphatic rings. The van der Waals surface area contributed by atoms with Gasteiger partial charge in [-0.25, -0.2) is 4.79 Å². The Morgan fingerprint density at radius 1 is 1.75 bits per heavy atom. The van der Waals surface area contributed by atoms with Gasteiger partial charge >= 0.3 is 5.97 Å². The van der Waals surface area contributed by atoms with Crippen molar-refractivity contribution in [3.63, 3.8) is 0 Å². The maximum Gasteiger partial charge on any atom is 0.353 e. The smallest absolute Gasteiger partial charge is 0.353 e. The standard InChI is InChI=1S/C5H5ClO2/c1-3-8-5(7)4(2)6/h3H,1-2H2. The van der Waals surface area contributed by atoms with Crippen LogP contribution in [0.4, 0.5) is 0 Å². The summed E-state index contributed by atoms with van der Waals surface area (Å²) < 4.78 is 4.20. The van der Waals surface area contributed by atoms with Crippen molar-refractivity contribution in [2.45, 2.75) is 0 Å². The molecule has 0 rings (SSSR count). The number of hydrogen-bond donors (Lipinski definition) is 0. The highest BCUT2D eigenvalue weighted by Gasteiger charge is 2.00. The first-order valence-electron chi connectivity index (χ1n) is 1.84. The topological polar surface area (TPSA) is 26.3 Å². The average molecular weight is 133 g/mol. The van der Waals surface area contributed by atoms with E-state index < -0.39 is 5.97 Å². The van der Waals surface area contributed by atoms with E-state index in [-0.39, 0.29) is 5.03 Å². The lowest BCUT2D eigenvalue weighted by atomic mass is 10.6. The molecule has 0 radical (unpaired) electrons. The Morgan fingerprint density at radius 2 is 2.25 bits per heavy atom. The van der Waals surface area contributed by atoms with E-state index in [9.17, 15) is 4.79 Å². The fourth-order valence-electron chi connectivity index (χ4n) is 0.140. The molecule has 0 N–H and O–H groups in total. The van der Waals surface area contributed by atoms with Crippen molar-refractivity contribution in [3.05, 3.63) is 24.5 Å². The molecule has 0 unspecified atom stereocenters. The summed E-state index contributed by atoms with van der Waals surface area (Å²) in [6.45, 7) is 6.26. The van der Waals surface area contributed by atoms with E-state index in [0.717, 1.165) is 6.26 Å². The number of hydrogen-bond acceptors (Lipinski definition) is 2. The predicted octanol–water partition coefficient (Wildman–Crippen LogP) is 1.43. The molecule has 0 heterocycles. The molecule has 0 aromatic heterocycles. The van der Waals surface area contributed by atoms with E-state index in [1.807, 2.05) is 0 Å². The van der Waals surface area contributed by atoms with E-state index in [1.165, 1.54) is 0 Å². The SMILES string of the molecule is C=COC(=O)C(=C)Cl. The van der Waals surface area contributed by atoms with Crippen LogP contribution < -0.4 is 0 Å². The lowest BCUT2D eigenvalue weighted by Crippen LogP contribution is -1.96. The maximum atomic E-state index is 10.2. The number of carbonyl (C=O) groups excluding carboxylic acids is 1. The third-order valence-corrected chi connectivity index (χ3v) is 0.566. The van der Waals surface area contributed by atoms with Crippen LogP contribution in [0.15, 0.2) is 24.5 Å².